The van der Waals surface area contributed by atoms with Crippen molar-refractivity contribution in [3.63, 3.8) is 0 Å². The standard InChI is InChI=1S/C17H24N4O3/c1-12(2)10-15-20-16(24-21-15)11-19-14-6-4-13(5-7-14)17(23)18-8-3-9-22/h4-7,12,19,22H,3,8-11H2,1-2H3,(H,18,23). The Balaban J connectivity index is 1.83. The van der Waals surface area contributed by atoms with Crippen LogP contribution >= 0.6 is 0 Å². The Labute approximate surface area is 141 Å². The van der Waals surface area contributed by atoms with Crippen LogP contribution in [0.2, 0.25) is 0 Å². The molecule has 1 amide bonds. The summed E-state index contributed by atoms with van der Waals surface area (Å²) in [5, 5.41) is 18.6. The number of anilines is 1. The average molecular weight is 332 g/mol. The highest BCUT2D eigenvalue weighted by Gasteiger charge is 2.08. The van der Waals surface area contributed by atoms with Gasteiger partial charge in [0.2, 0.25) is 5.89 Å². The number of rotatable bonds is 9. The number of amides is 1. The van der Waals surface area contributed by atoms with Gasteiger partial charge in [0.25, 0.3) is 5.91 Å². The molecule has 1 aromatic carbocycles. The molecule has 7 nitrogen and oxygen atoms in total. The third-order valence-corrected chi connectivity index (χ3v) is 3.31. The van der Waals surface area contributed by atoms with Gasteiger partial charge in [-0.15, -0.1) is 0 Å². The summed E-state index contributed by atoms with van der Waals surface area (Å²) in [5.41, 5.74) is 1.45. The first-order valence-electron chi connectivity index (χ1n) is 8.13. The number of nitrogens with one attached hydrogen (secondary N) is 2. The van der Waals surface area contributed by atoms with Crippen molar-refractivity contribution >= 4 is 11.6 Å². The molecule has 0 aliphatic carbocycles. The predicted molar refractivity (Wildman–Crippen MR) is 90.6 cm³/mol. The Kier molecular flexibility index (Phi) is 6.74. The van der Waals surface area contributed by atoms with Crippen molar-refractivity contribution in [2.75, 3.05) is 18.5 Å². The molecule has 0 aliphatic rings. The molecule has 0 aliphatic heterocycles. The summed E-state index contributed by atoms with van der Waals surface area (Å²) >= 11 is 0. The summed E-state index contributed by atoms with van der Waals surface area (Å²) in [5.74, 6) is 1.60. The number of carbonyl (C=O) groups excluding carboxylic acids is 1. The first-order chi connectivity index (χ1) is 11.6. The van der Waals surface area contributed by atoms with Crippen LogP contribution < -0.4 is 10.6 Å². The highest BCUT2D eigenvalue weighted by atomic mass is 16.5. The van der Waals surface area contributed by atoms with Gasteiger partial charge in [0.1, 0.15) is 0 Å². The van der Waals surface area contributed by atoms with Gasteiger partial charge < -0.3 is 20.3 Å². The van der Waals surface area contributed by atoms with Crippen molar-refractivity contribution in [3.8, 4) is 0 Å². The number of benzene rings is 1. The number of aromatic nitrogens is 2. The molecular weight excluding hydrogens is 308 g/mol. The Hall–Kier alpha value is -2.41. The molecule has 0 fully saturated rings. The van der Waals surface area contributed by atoms with Crippen molar-refractivity contribution in [1.29, 1.82) is 0 Å². The van der Waals surface area contributed by atoms with E-state index in [1.807, 2.05) is 12.1 Å². The molecule has 1 aromatic heterocycles. The van der Waals surface area contributed by atoms with Crippen LogP contribution in [0.15, 0.2) is 28.8 Å². The number of hydrogen-bond donors (Lipinski definition) is 3. The van der Waals surface area contributed by atoms with Crippen molar-refractivity contribution in [2.45, 2.75) is 33.2 Å². The van der Waals surface area contributed by atoms with E-state index in [9.17, 15) is 4.79 Å². The fourth-order valence-electron chi connectivity index (χ4n) is 2.11. The fraction of sp³-hybridized carbons (Fsp3) is 0.471. The topological polar surface area (TPSA) is 100 Å². The highest BCUT2D eigenvalue weighted by Crippen LogP contribution is 2.11. The summed E-state index contributed by atoms with van der Waals surface area (Å²) in [6.07, 6.45) is 1.35. The van der Waals surface area contributed by atoms with Gasteiger partial charge in [0, 0.05) is 30.8 Å². The lowest BCUT2D eigenvalue weighted by atomic mass is 10.1. The molecule has 0 radical (unpaired) electrons. The fourth-order valence-corrected chi connectivity index (χ4v) is 2.11. The Morgan fingerprint density at radius 1 is 1.29 bits per heavy atom. The molecule has 7 heteroatoms. The summed E-state index contributed by atoms with van der Waals surface area (Å²) in [7, 11) is 0. The number of carbonyl (C=O) groups is 1. The molecule has 1 heterocycles. The monoisotopic (exact) mass is 332 g/mol. The van der Waals surface area contributed by atoms with Crippen LogP contribution in [0.3, 0.4) is 0 Å². The molecule has 0 saturated carbocycles. The van der Waals surface area contributed by atoms with E-state index in [0.717, 1.165) is 17.9 Å². The smallest absolute Gasteiger partial charge is 0.251 e. The van der Waals surface area contributed by atoms with E-state index >= 15 is 0 Å². The minimum atomic E-state index is -0.148. The maximum atomic E-state index is 11.9. The molecular formula is C17H24N4O3. The summed E-state index contributed by atoms with van der Waals surface area (Å²) < 4.78 is 5.20. The quantitative estimate of drug-likeness (QED) is 0.607. The predicted octanol–water partition coefficient (Wildman–Crippen LogP) is 1.99. The lowest BCUT2D eigenvalue weighted by molar-refractivity contribution is 0.0951. The second-order valence-electron chi connectivity index (χ2n) is 5.97. The number of aliphatic hydroxyl groups excluding tert-OH is 1. The zero-order valence-corrected chi connectivity index (χ0v) is 14.1. The number of hydrogen-bond acceptors (Lipinski definition) is 6. The van der Waals surface area contributed by atoms with Crippen LogP contribution in [0.25, 0.3) is 0 Å². The molecule has 0 saturated heterocycles. The lowest BCUT2D eigenvalue weighted by Crippen LogP contribution is -2.24. The van der Waals surface area contributed by atoms with Crippen LogP contribution in [0.4, 0.5) is 5.69 Å². The van der Waals surface area contributed by atoms with E-state index in [1.165, 1.54) is 0 Å². The molecule has 2 aromatic rings. The van der Waals surface area contributed by atoms with Crippen LogP contribution in [-0.2, 0) is 13.0 Å². The van der Waals surface area contributed by atoms with Gasteiger partial charge in [-0.05, 0) is 36.6 Å². The summed E-state index contributed by atoms with van der Waals surface area (Å²) in [6, 6.07) is 7.14. The normalized spacial score (nSPS) is 10.8. The summed E-state index contributed by atoms with van der Waals surface area (Å²) in [4.78, 5) is 16.2. The Morgan fingerprint density at radius 2 is 2.04 bits per heavy atom. The van der Waals surface area contributed by atoms with Crippen molar-refractivity contribution in [3.05, 3.63) is 41.5 Å². The van der Waals surface area contributed by atoms with Gasteiger partial charge in [-0.25, -0.2) is 0 Å². The lowest BCUT2D eigenvalue weighted by Gasteiger charge is -2.06. The second-order valence-corrected chi connectivity index (χ2v) is 5.97. The third kappa shape index (κ3) is 5.66. The molecule has 0 atom stereocenters. The first kappa shape index (κ1) is 17.9. The molecule has 3 N–H and O–H groups in total. The number of aliphatic hydroxyl groups is 1. The van der Waals surface area contributed by atoms with Crippen LogP contribution in [0, 0.1) is 5.92 Å². The molecule has 2 rings (SSSR count). The largest absolute Gasteiger partial charge is 0.396 e. The van der Waals surface area contributed by atoms with E-state index in [2.05, 4.69) is 34.6 Å². The van der Waals surface area contributed by atoms with Gasteiger partial charge in [0.15, 0.2) is 5.82 Å². The zero-order chi connectivity index (χ0) is 17.4. The second kappa shape index (κ2) is 9.02. The molecule has 130 valence electrons. The van der Waals surface area contributed by atoms with Gasteiger partial charge in [0.05, 0.1) is 6.54 Å². The van der Waals surface area contributed by atoms with Gasteiger partial charge >= 0.3 is 0 Å². The molecule has 0 bridgehead atoms. The van der Waals surface area contributed by atoms with Gasteiger partial charge in [-0.2, -0.15) is 4.98 Å². The molecule has 0 spiro atoms. The van der Waals surface area contributed by atoms with E-state index in [1.54, 1.807) is 12.1 Å². The van der Waals surface area contributed by atoms with Gasteiger partial charge in [-0.1, -0.05) is 19.0 Å². The third-order valence-electron chi connectivity index (χ3n) is 3.31. The number of nitrogens with zero attached hydrogens (tertiary/aromatic N) is 2. The first-order valence-corrected chi connectivity index (χ1v) is 8.13. The summed E-state index contributed by atoms with van der Waals surface area (Å²) in [6.45, 7) is 5.18. The molecule has 0 unspecified atom stereocenters. The van der Waals surface area contributed by atoms with E-state index in [0.29, 0.717) is 36.9 Å². The van der Waals surface area contributed by atoms with Gasteiger partial charge in [-0.3, -0.25) is 4.79 Å². The van der Waals surface area contributed by atoms with E-state index in [4.69, 9.17) is 9.63 Å². The van der Waals surface area contributed by atoms with Crippen LogP contribution in [0.1, 0.15) is 42.3 Å². The minimum absolute atomic E-state index is 0.0672. The van der Waals surface area contributed by atoms with E-state index in [-0.39, 0.29) is 12.5 Å². The molecule has 24 heavy (non-hydrogen) atoms. The van der Waals surface area contributed by atoms with Crippen LogP contribution in [0.5, 0.6) is 0 Å². The minimum Gasteiger partial charge on any atom is -0.396 e. The van der Waals surface area contributed by atoms with E-state index < -0.39 is 0 Å². The van der Waals surface area contributed by atoms with Crippen molar-refractivity contribution in [2.24, 2.45) is 5.92 Å². The highest BCUT2D eigenvalue weighted by molar-refractivity contribution is 5.94. The Bertz CT molecular complexity index is 638. The maximum absolute atomic E-state index is 11.9. The zero-order valence-electron chi connectivity index (χ0n) is 14.1. The van der Waals surface area contributed by atoms with Crippen LogP contribution in [-0.4, -0.2) is 34.3 Å². The SMILES string of the molecule is CC(C)Cc1noc(CNc2ccc(C(=O)NCCCO)cc2)n1. The van der Waals surface area contributed by atoms with Crippen molar-refractivity contribution in [1.82, 2.24) is 15.5 Å². The maximum Gasteiger partial charge on any atom is 0.251 e. The Morgan fingerprint density at radius 3 is 2.71 bits per heavy atom. The van der Waals surface area contributed by atoms with Crippen molar-refractivity contribution < 1.29 is 14.4 Å². The average Bonchev–Trinajstić information content (AvgIpc) is 3.00.